The largest absolute Gasteiger partial charge is 0.359 e. The Labute approximate surface area is 191 Å². The number of aromatic nitrogens is 2. The van der Waals surface area contributed by atoms with Crippen LogP contribution in [-0.2, 0) is 12.5 Å². The monoisotopic (exact) mass is 444 g/mol. The van der Waals surface area contributed by atoms with E-state index in [1.54, 1.807) is 36.5 Å². The lowest BCUT2D eigenvalue weighted by atomic mass is 9.93. The Hall–Kier alpha value is -4.20. The Balaban J connectivity index is 1.37. The summed E-state index contributed by atoms with van der Waals surface area (Å²) in [6.07, 6.45) is 1.80. The zero-order chi connectivity index (χ0) is 23.6. The Kier molecular flexibility index (Phi) is 5.83. The fourth-order valence-electron chi connectivity index (χ4n) is 3.34. The maximum atomic E-state index is 12.7. The molecule has 2 heterocycles. The number of hydrogen-bond acceptors (Lipinski definition) is 4. The van der Waals surface area contributed by atoms with Crippen molar-refractivity contribution in [1.29, 1.82) is 0 Å². The zero-order valence-electron chi connectivity index (χ0n) is 19.0. The van der Waals surface area contributed by atoms with Crippen molar-refractivity contribution in [3.05, 3.63) is 78.2 Å². The molecule has 4 rings (SSSR count). The maximum absolute atomic E-state index is 12.7. The van der Waals surface area contributed by atoms with Crippen molar-refractivity contribution >= 4 is 40.0 Å². The van der Waals surface area contributed by atoms with Gasteiger partial charge in [-0.1, -0.05) is 38.1 Å². The molecule has 33 heavy (non-hydrogen) atoms. The molecule has 0 aliphatic carbocycles. The van der Waals surface area contributed by atoms with Gasteiger partial charge in [-0.2, -0.15) is 0 Å². The van der Waals surface area contributed by atoms with Gasteiger partial charge in [-0.25, -0.2) is 9.36 Å². The maximum Gasteiger partial charge on any atom is 0.324 e. The van der Waals surface area contributed by atoms with E-state index in [1.165, 1.54) is 0 Å². The fourth-order valence-corrected chi connectivity index (χ4v) is 3.34. The smallest absolute Gasteiger partial charge is 0.324 e. The highest BCUT2D eigenvalue weighted by molar-refractivity contribution is 6.05. The number of rotatable bonds is 4. The third kappa shape index (κ3) is 5.17. The zero-order valence-corrected chi connectivity index (χ0v) is 19.0. The highest BCUT2D eigenvalue weighted by Gasteiger charge is 2.20. The second-order valence-electron chi connectivity index (χ2n) is 8.84. The van der Waals surface area contributed by atoms with Gasteiger partial charge < -0.3 is 15.2 Å². The minimum Gasteiger partial charge on any atom is -0.359 e. The number of para-hydroxylation sites is 1. The number of nitrogens with zero attached hydrogens (tertiary/aromatic N) is 2. The van der Waals surface area contributed by atoms with Gasteiger partial charge in [0.15, 0.2) is 12.0 Å². The van der Waals surface area contributed by atoms with E-state index in [1.807, 2.05) is 62.7 Å². The number of urea groups is 1. The van der Waals surface area contributed by atoms with Crippen LogP contribution < -0.4 is 20.5 Å². The van der Waals surface area contributed by atoms with Crippen LogP contribution in [0.4, 0.5) is 22.0 Å². The molecular weight excluding hydrogens is 418 g/mol. The summed E-state index contributed by atoms with van der Waals surface area (Å²) in [6.45, 7) is 5.99. The molecule has 0 saturated heterocycles. The van der Waals surface area contributed by atoms with Crippen LogP contribution in [-0.4, -0.2) is 17.1 Å². The quantitative estimate of drug-likeness (QED) is 0.392. The fraction of sp³-hybridized carbons (Fsp3) is 0.200. The summed E-state index contributed by atoms with van der Waals surface area (Å²) in [5.74, 6) is 0.804. The molecule has 0 aliphatic heterocycles. The van der Waals surface area contributed by atoms with Crippen LogP contribution in [0.15, 0.2) is 71.4 Å². The number of hydrogen-bond donors (Lipinski definition) is 3. The lowest BCUT2D eigenvalue weighted by molar-refractivity contribution is -0.645. The molecule has 0 fully saturated rings. The summed E-state index contributed by atoms with van der Waals surface area (Å²) in [5, 5.41) is 13.1. The molecule has 3 amide bonds. The average molecular weight is 445 g/mol. The summed E-state index contributed by atoms with van der Waals surface area (Å²) >= 11 is 0. The average Bonchev–Trinajstić information content (AvgIpc) is 3.24. The predicted molar refractivity (Wildman–Crippen MR) is 127 cm³/mol. The number of aryl methyl sites for hydroxylation is 1. The molecule has 2 aromatic carbocycles. The van der Waals surface area contributed by atoms with E-state index in [-0.39, 0.29) is 11.3 Å². The Morgan fingerprint density at radius 3 is 2.24 bits per heavy atom. The van der Waals surface area contributed by atoms with Crippen LogP contribution >= 0.6 is 0 Å². The summed E-state index contributed by atoms with van der Waals surface area (Å²) in [7, 11) is 1.91. The topological polar surface area (TPSA) is 100 Å². The number of anilines is 3. The van der Waals surface area contributed by atoms with E-state index in [4.69, 9.17) is 4.52 Å². The molecule has 0 saturated carbocycles. The standard InChI is InChI=1S/C25H25N5O3/c1-25(2,3)21-14-22(29-33-21)28-24(32)27-19-11-9-18(10-12-19)26-23(31)17-13-16-7-5-6-8-20(16)30(4)15-17/h5-15H,1-4H3,(H2-,26,27,28,29,31,32)/p+1. The molecule has 8 heteroatoms. The van der Waals surface area contributed by atoms with Crippen LogP contribution in [0, 0.1) is 0 Å². The number of carbonyl (C=O) groups is 2. The summed E-state index contributed by atoms with van der Waals surface area (Å²) in [4.78, 5) is 25.0. The van der Waals surface area contributed by atoms with Gasteiger partial charge in [0, 0.05) is 34.3 Å². The van der Waals surface area contributed by atoms with Crippen molar-refractivity contribution in [2.24, 2.45) is 7.05 Å². The molecule has 4 aromatic rings. The van der Waals surface area contributed by atoms with Gasteiger partial charge in [0.2, 0.25) is 5.52 Å². The molecule has 8 nitrogen and oxygen atoms in total. The normalized spacial score (nSPS) is 11.3. The first kappa shape index (κ1) is 22.0. The lowest BCUT2D eigenvalue weighted by Gasteiger charge is -2.12. The molecule has 2 aromatic heterocycles. The Bertz CT molecular complexity index is 1320. The molecule has 0 spiro atoms. The summed E-state index contributed by atoms with van der Waals surface area (Å²) in [5.41, 5.74) is 2.59. The van der Waals surface area contributed by atoms with Crippen molar-refractivity contribution in [1.82, 2.24) is 5.16 Å². The third-order valence-corrected chi connectivity index (χ3v) is 5.11. The van der Waals surface area contributed by atoms with Crippen LogP contribution in [0.2, 0.25) is 0 Å². The number of carbonyl (C=O) groups excluding carboxylic acids is 2. The van der Waals surface area contributed by atoms with Crippen LogP contribution in [0.1, 0.15) is 36.9 Å². The Morgan fingerprint density at radius 1 is 0.909 bits per heavy atom. The molecule has 0 bridgehead atoms. The highest BCUT2D eigenvalue weighted by Crippen LogP contribution is 2.24. The van der Waals surface area contributed by atoms with E-state index >= 15 is 0 Å². The van der Waals surface area contributed by atoms with E-state index in [0.717, 1.165) is 10.9 Å². The molecule has 0 radical (unpaired) electrons. The van der Waals surface area contributed by atoms with Crippen molar-refractivity contribution in [3.63, 3.8) is 0 Å². The first-order chi connectivity index (χ1) is 15.7. The van der Waals surface area contributed by atoms with Gasteiger partial charge in [-0.15, -0.1) is 0 Å². The van der Waals surface area contributed by atoms with E-state index in [9.17, 15) is 9.59 Å². The Morgan fingerprint density at radius 2 is 1.58 bits per heavy atom. The van der Waals surface area contributed by atoms with Crippen molar-refractivity contribution in [2.75, 3.05) is 16.0 Å². The first-order valence-corrected chi connectivity index (χ1v) is 10.5. The van der Waals surface area contributed by atoms with Gasteiger partial charge in [0.25, 0.3) is 5.91 Å². The van der Waals surface area contributed by atoms with Crippen molar-refractivity contribution < 1.29 is 18.7 Å². The highest BCUT2D eigenvalue weighted by atomic mass is 16.5. The minimum absolute atomic E-state index is 0.200. The van der Waals surface area contributed by atoms with Crippen molar-refractivity contribution in [2.45, 2.75) is 26.2 Å². The summed E-state index contributed by atoms with van der Waals surface area (Å²) < 4.78 is 7.19. The van der Waals surface area contributed by atoms with Crippen molar-refractivity contribution in [3.8, 4) is 0 Å². The second-order valence-corrected chi connectivity index (χ2v) is 8.84. The molecule has 3 N–H and O–H groups in total. The van der Waals surface area contributed by atoms with Gasteiger partial charge in [-0.05, 0) is 36.4 Å². The molecular formula is C25H26N5O3+. The van der Waals surface area contributed by atoms with E-state index < -0.39 is 6.03 Å². The van der Waals surface area contributed by atoms with E-state index in [0.29, 0.717) is 28.5 Å². The molecule has 0 aliphatic rings. The van der Waals surface area contributed by atoms with Gasteiger partial charge >= 0.3 is 6.03 Å². The molecule has 168 valence electrons. The van der Waals surface area contributed by atoms with Crippen LogP contribution in [0.3, 0.4) is 0 Å². The van der Waals surface area contributed by atoms with Gasteiger partial charge in [-0.3, -0.25) is 10.1 Å². The van der Waals surface area contributed by atoms with Gasteiger partial charge in [0.1, 0.15) is 18.4 Å². The van der Waals surface area contributed by atoms with Gasteiger partial charge in [0.05, 0.1) is 0 Å². The van der Waals surface area contributed by atoms with E-state index in [2.05, 4.69) is 21.1 Å². The summed E-state index contributed by atoms with van der Waals surface area (Å²) in [6, 6.07) is 17.9. The third-order valence-electron chi connectivity index (χ3n) is 5.11. The second kappa shape index (κ2) is 8.74. The predicted octanol–water partition coefficient (Wildman–Crippen LogP) is 4.85. The van der Waals surface area contributed by atoms with Crippen LogP contribution in [0.25, 0.3) is 10.9 Å². The number of fused-ring (bicyclic) bond motifs is 1. The number of pyridine rings is 1. The molecule has 0 atom stereocenters. The molecule has 0 unspecified atom stereocenters. The lowest BCUT2D eigenvalue weighted by Crippen LogP contribution is -2.30. The number of benzene rings is 2. The van der Waals surface area contributed by atoms with Crippen LogP contribution in [0.5, 0.6) is 0 Å². The minimum atomic E-state index is -0.441. The SMILES string of the molecule is C[n+]1cc(C(=O)Nc2ccc(NC(=O)Nc3cc(C(C)(C)C)on3)cc2)cc2ccccc21. The first-order valence-electron chi connectivity index (χ1n) is 10.5. The number of nitrogens with one attached hydrogen (secondary N) is 3. The number of amides is 3.